The molecule has 0 atom stereocenters. The van der Waals surface area contributed by atoms with Crippen molar-refractivity contribution in [2.24, 2.45) is 0 Å². The van der Waals surface area contributed by atoms with E-state index in [9.17, 15) is 31.1 Å². The van der Waals surface area contributed by atoms with Gasteiger partial charge in [-0.05, 0) is 35.9 Å². The molecule has 0 aliphatic heterocycles. The smallest absolute Gasteiger partial charge is 0.416 e. The molecule has 140 valence electrons. The summed E-state index contributed by atoms with van der Waals surface area (Å²) in [6, 6.07) is 5.23. The summed E-state index contributed by atoms with van der Waals surface area (Å²) in [5, 5.41) is 0. The van der Waals surface area contributed by atoms with Crippen LogP contribution < -0.4 is 9.47 Å². The van der Waals surface area contributed by atoms with Crippen molar-refractivity contribution < 1.29 is 40.6 Å². The fourth-order valence-electron chi connectivity index (χ4n) is 2.13. The van der Waals surface area contributed by atoms with E-state index < -0.39 is 30.1 Å². The lowest BCUT2D eigenvalue weighted by Gasteiger charge is -2.15. The van der Waals surface area contributed by atoms with Crippen molar-refractivity contribution in [3.05, 3.63) is 58.7 Å². The van der Waals surface area contributed by atoms with Gasteiger partial charge in [0, 0.05) is 11.6 Å². The molecule has 2 aromatic carbocycles. The summed E-state index contributed by atoms with van der Waals surface area (Å²) in [7, 11) is 1.33. The van der Waals surface area contributed by atoms with Gasteiger partial charge in [0.15, 0.2) is 0 Å². The lowest BCUT2D eigenvalue weighted by atomic mass is 10.1. The van der Waals surface area contributed by atoms with Crippen LogP contribution in [0.25, 0.3) is 0 Å². The number of alkyl halides is 6. The van der Waals surface area contributed by atoms with Crippen molar-refractivity contribution >= 4 is 6.29 Å². The van der Waals surface area contributed by atoms with Gasteiger partial charge in [-0.25, -0.2) is 0 Å². The van der Waals surface area contributed by atoms with E-state index in [1.165, 1.54) is 25.3 Å². The topological polar surface area (TPSA) is 35.5 Å². The second kappa shape index (κ2) is 7.27. The van der Waals surface area contributed by atoms with E-state index in [2.05, 4.69) is 0 Å². The van der Waals surface area contributed by atoms with Gasteiger partial charge in [-0.1, -0.05) is 0 Å². The molecule has 0 amide bonds. The molecule has 0 fully saturated rings. The molecule has 0 heterocycles. The SMILES string of the molecule is COc1cc(C=O)cc(OCc2cc(C(F)(F)F)cc(C(F)(F)F)c2)c1. The van der Waals surface area contributed by atoms with Gasteiger partial charge in [0.1, 0.15) is 24.4 Å². The molecule has 2 aromatic rings. The molecule has 0 saturated heterocycles. The number of hydrogen-bond donors (Lipinski definition) is 0. The molecule has 0 N–H and O–H groups in total. The van der Waals surface area contributed by atoms with Crippen LogP contribution in [-0.2, 0) is 19.0 Å². The summed E-state index contributed by atoms with van der Waals surface area (Å²) >= 11 is 0. The highest BCUT2D eigenvalue weighted by Crippen LogP contribution is 2.36. The van der Waals surface area contributed by atoms with Gasteiger partial charge in [0.05, 0.1) is 18.2 Å². The summed E-state index contributed by atoms with van der Waals surface area (Å²) in [5.74, 6) is 0.321. The Balaban J connectivity index is 2.33. The summed E-state index contributed by atoms with van der Waals surface area (Å²) in [6.45, 7) is -0.557. The zero-order chi connectivity index (χ0) is 19.5. The highest BCUT2D eigenvalue weighted by atomic mass is 19.4. The molecule has 9 heteroatoms. The Labute approximate surface area is 144 Å². The van der Waals surface area contributed by atoms with E-state index in [4.69, 9.17) is 9.47 Å². The monoisotopic (exact) mass is 378 g/mol. The van der Waals surface area contributed by atoms with Gasteiger partial charge in [-0.15, -0.1) is 0 Å². The first kappa shape index (κ1) is 19.6. The second-order valence-corrected chi connectivity index (χ2v) is 5.26. The minimum atomic E-state index is -4.93. The minimum Gasteiger partial charge on any atom is -0.497 e. The molecule has 0 unspecified atom stereocenters. The average molecular weight is 378 g/mol. The summed E-state index contributed by atoms with van der Waals surface area (Å²) in [4.78, 5) is 10.9. The first-order chi connectivity index (χ1) is 12.0. The van der Waals surface area contributed by atoms with Crippen LogP contribution in [0, 0.1) is 0 Å². The first-order valence-electron chi connectivity index (χ1n) is 7.08. The van der Waals surface area contributed by atoms with Crippen LogP contribution >= 0.6 is 0 Å². The Morgan fingerprint density at radius 2 is 1.38 bits per heavy atom. The third-order valence-electron chi connectivity index (χ3n) is 3.33. The minimum absolute atomic E-state index is 0.0412. The van der Waals surface area contributed by atoms with Crippen LogP contribution in [0.15, 0.2) is 36.4 Å². The van der Waals surface area contributed by atoms with Crippen LogP contribution in [0.1, 0.15) is 27.0 Å². The van der Waals surface area contributed by atoms with E-state index in [-0.39, 0.29) is 28.7 Å². The Morgan fingerprint density at radius 1 is 0.846 bits per heavy atom. The number of hydrogen-bond acceptors (Lipinski definition) is 3. The largest absolute Gasteiger partial charge is 0.497 e. The van der Waals surface area contributed by atoms with Crippen LogP contribution in [0.3, 0.4) is 0 Å². The number of rotatable bonds is 5. The van der Waals surface area contributed by atoms with E-state index in [1.54, 1.807) is 0 Å². The lowest BCUT2D eigenvalue weighted by Crippen LogP contribution is -2.12. The Kier molecular flexibility index (Phi) is 5.48. The maximum atomic E-state index is 12.8. The highest BCUT2D eigenvalue weighted by molar-refractivity contribution is 5.76. The average Bonchev–Trinajstić information content (AvgIpc) is 2.57. The fraction of sp³-hybridized carbons (Fsp3) is 0.235. The second-order valence-electron chi connectivity index (χ2n) is 5.26. The molecular formula is C17H12F6O3. The van der Waals surface area contributed by atoms with Crippen molar-refractivity contribution in [1.82, 2.24) is 0 Å². The van der Waals surface area contributed by atoms with Crippen molar-refractivity contribution in [2.45, 2.75) is 19.0 Å². The molecule has 0 radical (unpaired) electrons. The third-order valence-corrected chi connectivity index (χ3v) is 3.33. The van der Waals surface area contributed by atoms with Gasteiger partial charge in [-0.3, -0.25) is 4.79 Å². The molecule has 0 bridgehead atoms. The standard InChI is InChI=1S/C17H12F6O3/c1-25-14-4-10(8-24)5-15(7-14)26-9-11-2-12(16(18,19)20)6-13(3-11)17(21,22)23/h2-8H,9H2,1H3. The van der Waals surface area contributed by atoms with Crippen molar-refractivity contribution in [2.75, 3.05) is 7.11 Å². The molecule has 0 saturated carbocycles. The molecule has 0 aromatic heterocycles. The molecule has 0 aliphatic rings. The third kappa shape index (κ3) is 4.90. The van der Waals surface area contributed by atoms with E-state index in [0.29, 0.717) is 18.4 Å². The maximum Gasteiger partial charge on any atom is 0.416 e. The number of aldehydes is 1. The molecule has 0 spiro atoms. The Morgan fingerprint density at radius 3 is 1.85 bits per heavy atom. The van der Waals surface area contributed by atoms with Gasteiger partial charge in [0.2, 0.25) is 0 Å². The van der Waals surface area contributed by atoms with Crippen molar-refractivity contribution in [1.29, 1.82) is 0 Å². The van der Waals surface area contributed by atoms with Crippen LogP contribution in [-0.4, -0.2) is 13.4 Å². The van der Waals surface area contributed by atoms with Crippen molar-refractivity contribution in [3.8, 4) is 11.5 Å². The summed E-state index contributed by atoms with van der Waals surface area (Å²) < 4.78 is 87.2. The number of ether oxygens (including phenoxy) is 2. The first-order valence-corrected chi connectivity index (χ1v) is 7.08. The van der Waals surface area contributed by atoms with Gasteiger partial charge in [-0.2, -0.15) is 26.3 Å². The normalized spacial score (nSPS) is 12.0. The maximum absolute atomic E-state index is 12.8. The highest BCUT2D eigenvalue weighted by Gasteiger charge is 2.36. The fourth-order valence-corrected chi connectivity index (χ4v) is 2.13. The number of halogens is 6. The number of methoxy groups -OCH3 is 1. The lowest BCUT2D eigenvalue weighted by molar-refractivity contribution is -0.143. The molecule has 0 aliphatic carbocycles. The van der Waals surface area contributed by atoms with Gasteiger partial charge >= 0.3 is 12.4 Å². The molecule has 26 heavy (non-hydrogen) atoms. The van der Waals surface area contributed by atoms with Gasteiger partial charge < -0.3 is 9.47 Å². The summed E-state index contributed by atoms with van der Waals surface area (Å²) in [5.41, 5.74) is -2.99. The van der Waals surface area contributed by atoms with E-state index in [0.717, 1.165) is 0 Å². The number of carbonyl (C=O) groups excluding carboxylic acids is 1. The van der Waals surface area contributed by atoms with Crippen LogP contribution in [0.5, 0.6) is 11.5 Å². The Bertz CT molecular complexity index is 764. The quantitative estimate of drug-likeness (QED) is 0.535. The molecule has 2 rings (SSSR count). The van der Waals surface area contributed by atoms with Crippen LogP contribution in [0.4, 0.5) is 26.3 Å². The Hall–Kier alpha value is -2.71. The summed E-state index contributed by atoms with van der Waals surface area (Å²) in [6.07, 6.45) is -9.37. The molecule has 3 nitrogen and oxygen atoms in total. The zero-order valence-electron chi connectivity index (χ0n) is 13.2. The van der Waals surface area contributed by atoms with E-state index >= 15 is 0 Å². The predicted octanol–water partition coefficient (Wildman–Crippen LogP) is 5.12. The predicted molar refractivity (Wildman–Crippen MR) is 79.2 cm³/mol. The zero-order valence-corrected chi connectivity index (χ0v) is 13.2. The molecular weight excluding hydrogens is 366 g/mol. The number of benzene rings is 2. The van der Waals surface area contributed by atoms with Crippen LogP contribution in [0.2, 0.25) is 0 Å². The van der Waals surface area contributed by atoms with Crippen molar-refractivity contribution in [3.63, 3.8) is 0 Å². The van der Waals surface area contributed by atoms with E-state index in [1.807, 2.05) is 0 Å². The number of carbonyl (C=O) groups is 1. The van der Waals surface area contributed by atoms with Gasteiger partial charge in [0.25, 0.3) is 0 Å².